The van der Waals surface area contributed by atoms with E-state index in [0.29, 0.717) is 12.0 Å². The number of carbonyl (C=O) groups is 2. The number of esters is 1. The van der Waals surface area contributed by atoms with Gasteiger partial charge in [0.1, 0.15) is 0 Å². The fraction of sp³-hybridized carbons (Fsp3) is 0.167. The second kappa shape index (κ2) is 10.6. The van der Waals surface area contributed by atoms with Crippen LogP contribution in [0.25, 0.3) is 10.4 Å². The molecule has 0 fully saturated rings. The van der Waals surface area contributed by atoms with Crippen LogP contribution < -0.4 is 0 Å². The summed E-state index contributed by atoms with van der Waals surface area (Å²) in [6.45, 7) is -0.206. The number of nitrogens with zero attached hydrogens (tertiary/aromatic N) is 3. The van der Waals surface area contributed by atoms with Crippen molar-refractivity contribution in [1.82, 2.24) is 0 Å². The van der Waals surface area contributed by atoms with Crippen LogP contribution in [0.4, 0.5) is 0 Å². The summed E-state index contributed by atoms with van der Waals surface area (Å²) < 4.78 is 5.81. The van der Waals surface area contributed by atoms with Crippen molar-refractivity contribution in [2.45, 2.75) is 18.9 Å². The molecule has 3 aromatic rings. The predicted molar refractivity (Wildman–Crippen MR) is 114 cm³/mol. The lowest BCUT2D eigenvalue weighted by atomic mass is 10.0. The van der Waals surface area contributed by atoms with Gasteiger partial charge in [-0.1, -0.05) is 90.0 Å². The van der Waals surface area contributed by atoms with E-state index in [1.165, 1.54) is 0 Å². The number of Topliss-reactive ketones (excluding diaryl/α,β-unsaturated/α-hetero) is 1. The molecule has 0 amide bonds. The normalized spacial score (nSPS) is 10.3. The molecule has 6 heteroatoms. The minimum absolute atomic E-state index is 0.206. The Hall–Kier alpha value is -3.89. The van der Waals surface area contributed by atoms with E-state index in [1.807, 2.05) is 60.7 Å². The van der Waals surface area contributed by atoms with Gasteiger partial charge in [-0.05, 0) is 28.6 Å². The molecule has 0 saturated carbocycles. The molecule has 0 heterocycles. The minimum Gasteiger partial charge on any atom is -0.453 e. The van der Waals surface area contributed by atoms with E-state index in [1.54, 1.807) is 24.3 Å². The SMILES string of the molecule is [N-]=[N+]=NCC(=O)c1ccc(CCC(=O)OC(c2ccccc2)c2ccccc2)cc1. The molecular formula is C24H21N3O3. The van der Waals surface area contributed by atoms with E-state index in [4.69, 9.17) is 10.3 Å². The molecule has 0 aromatic heterocycles. The molecule has 0 aliphatic carbocycles. The Morgan fingerprint density at radius 3 is 1.97 bits per heavy atom. The highest BCUT2D eigenvalue weighted by molar-refractivity contribution is 5.97. The van der Waals surface area contributed by atoms with Gasteiger partial charge in [0, 0.05) is 16.9 Å². The molecule has 0 aliphatic heterocycles. The lowest BCUT2D eigenvalue weighted by Gasteiger charge is -2.19. The fourth-order valence-electron chi connectivity index (χ4n) is 3.07. The Balaban J connectivity index is 1.62. The molecule has 0 aliphatic rings. The Kier molecular flexibility index (Phi) is 7.36. The Morgan fingerprint density at radius 2 is 1.43 bits per heavy atom. The first-order valence-electron chi connectivity index (χ1n) is 9.60. The number of hydrogen-bond donors (Lipinski definition) is 0. The zero-order valence-electron chi connectivity index (χ0n) is 16.3. The molecule has 150 valence electrons. The van der Waals surface area contributed by atoms with E-state index in [0.717, 1.165) is 16.7 Å². The lowest BCUT2D eigenvalue weighted by Crippen LogP contribution is -2.13. The number of rotatable bonds is 9. The number of azide groups is 1. The van der Waals surface area contributed by atoms with Gasteiger partial charge >= 0.3 is 5.97 Å². The highest BCUT2D eigenvalue weighted by Crippen LogP contribution is 2.26. The van der Waals surface area contributed by atoms with E-state index in [9.17, 15) is 9.59 Å². The second-order valence-electron chi connectivity index (χ2n) is 6.70. The quantitative estimate of drug-likeness (QED) is 0.158. The van der Waals surface area contributed by atoms with Crippen molar-refractivity contribution >= 4 is 11.8 Å². The number of carbonyl (C=O) groups excluding carboxylic acids is 2. The molecule has 30 heavy (non-hydrogen) atoms. The third kappa shape index (κ3) is 5.80. The summed E-state index contributed by atoms with van der Waals surface area (Å²) in [6, 6.07) is 26.2. The monoisotopic (exact) mass is 399 g/mol. The smallest absolute Gasteiger partial charge is 0.307 e. The van der Waals surface area contributed by atoms with Gasteiger partial charge in [0.15, 0.2) is 11.9 Å². The van der Waals surface area contributed by atoms with Crippen LogP contribution in [0.5, 0.6) is 0 Å². The first-order chi connectivity index (χ1) is 14.7. The van der Waals surface area contributed by atoms with Crippen molar-refractivity contribution in [3.63, 3.8) is 0 Å². The average Bonchev–Trinajstić information content (AvgIpc) is 2.81. The zero-order chi connectivity index (χ0) is 21.2. The summed E-state index contributed by atoms with van der Waals surface area (Å²) >= 11 is 0. The van der Waals surface area contributed by atoms with Crippen LogP contribution in [-0.4, -0.2) is 18.3 Å². The van der Waals surface area contributed by atoms with Crippen molar-refractivity contribution in [2.24, 2.45) is 5.11 Å². The lowest BCUT2D eigenvalue weighted by molar-refractivity contribution is -0.147. The summed E-state index contributed by atoms with van der Waals surface area (Å²) in [4.78, 5) is 27.0. The molecule has 3 rings (SSSR count). The van der Waals surface area contributed by atoms with E-state index in [-0.39, 0.29) is 24.7 Å². The Labute approximate surface area is 174 Å². The highest BCUT2D eigenvalue weighted by Gasteiger charge is 2.18. The minimum atomic E-state index is -0.458. The largest absolute Gasteiger partial charge is 0.453 e. The maximum Gasteiger partial charge on any atom is 0.307 e. The predicted octanol–water partition coefficient (Wildman–Crippen LogP) is 5.45. The summed E-state index contributed by atoms with van der Waals surface area (Å²) in [5.74, 6) is -0.538. The van der Waals surface area contributed by atoms with Crippen molar-refractivity contribution in [2.75, 3.05) is 6.54 Å². The Morgan fingerprint density at radius 1 is 0.867 bits per heavy atom. The van der Waals surface area contributed by atoms with Crippen molar-refractivity contribution < 1.29 is 14.3 Å². The van der Waals surface area contributed by atoms with Gasteiger partial charge in [0.2, 0.25) is 0 Å². The van der Waals surface area contributed by atoms with Gasteiger partial charge < -0.3 is 4.74 Å². The van der Waals surface area contributed by atoms with Crippen LogP contribution in [0.1, 0.15) is 39.6 Å². The number of hydrogen-bond acceptors (Lipinski definition) is 4. The molecular weight excluding hydrogens is 378 g/mol. The number of ketones is 1. The summed E-state index contributed by atoms with van der Waals surface area (Å²) in [6.07, 6.45) is 0.267. The van der Waals surface area contributed by atoms with Gasteiger partial charge in [0.05, 0.1) is 6.54 Å². The zero-order valence-corrected chi connectivity index (χ0v) is 16.3. The topological polar surface area (TPSA) is 92.1 Å². The van der Waals surface area contributed by atoms with Crippen molar-refractivity contribution in [3.8, 4) is 0 Å². The van der Waals surface area contributed by atoms with Gasteiger partial charge in [0.25, 0.3) is 0 Å². The van der Waals surface area contributed by atoms with Crippen LogP contribution in [0.2, 0.25) is 0 Å². The number of ether oxygens (including phenoxy) is 1. The van der Waals surface area contributed by atoms with Crippen LogP contribution in [0, 0.1) is 0 Å². The van der Waals surface area contributed by atoms with E-state index in [2.05, 4.69) is 10.0 Å². The average molecular weight is 399 g/mol. The molecule has 0 spiro atoms. The van der Waals surface area contributed by atoms with Crippen LogP contribution in [0.3, 0.4) is 0 Å². The van der Waals surface area contributed by atoms with E-state index >= 15 is 0 Å². The van der Waals surface area contributed by atoms with Crippen LogP contribution in [0.15, 0.2) is 90.0 Å². The van der Waals surface area contributed by atoms with Crippen LogP contribution in [-0.2, 0) is 16.0 Å². The third-order valence-electron chi connectivity index (χ3n) is 4.63. The fourth-order valence-corrected chi connectivity index (χ4v) is 3.07. The van der Waals surface area contributed by atoms with Gasteiger partial charge in [-0.15, -0.1) is 0 Å². The third-order valence-corrected chi connectivity index (χ3v) is 4.63. The molecule has 0 unspecified atom stereocenters. The summed E-state index contributed by atoms with van der Waals surface area (Å²) in [5, 5.41) is 3.28. The molecule has 0 atom stereocenters. The van der Waals surface area contributed by atoms with Gasteiger partial charge in [-0.3, -0.25) is 9.59 Å². The first kappa shape index (κ1) is 20.8. The van der Waals surface area contributed by atoms with E-state index < -0.39 is 6.10 Å². The molecule has 0 N–H and O–H groups in total. The van der Waals surface area contributed by atoms with Crippen molar-refractivity contribution in [3.05, 3.63) is 118 Å². The standard InChI is InChI=1S/C24H21N3O3/c25-27-26-17-22(28)19-14-11-18(12-15-19)13-16-23(29)30-24(20-7-3-1-4-8-20)21-9-5-2-6-10-21/h1-12,14-15,24H,13,16-17H2. The number of aryl methyl sites for hydroxylation is 1. The highest BCUT2D eigenvalue weighted by atomic mass is 16.5. The summed E-state index contributed by atoms with van der Waals surface area (Å²) in [5.41, 5.74) is 11.5. The molecule has 6 nitrogen and oxygen atoms in total. The van der Waals surface area contributed by atoms with Crippen LogP contribution >= 0.6 is 0 Å². The molecule has 0 bridgehead atoms. The van der Waals surface area contributed by atoms with Gasteiger partial charge in [-0.2, -0.15) is 0 Å². The summed E-state index contributed by atoms with van der Waals surface area (Å²) in [7, 11) is 0. The second-order valence-corrected chi connectivity index (χ2v) is 6.70. The van der Waals surface area contributed by atoms with Crippen molar-refractivity contribution in [1.29, 1.82) is 0 Å². The number of benzene rings is 3. The maximum atomic E-state index is 12.5. The molecule has 3 aromatic carbocycles. The maximum absolute atomic E-state index is 12.5. The van der Waals surface area contributed by atoms with Gasteiger partial charge in [-0.25, -0.2) is 0 Å². The Bertz CT molecular complexity index is 989. The first-order valence-corrected chi connectivity index (χ1v) is 9.60. The molecule has 0 saturated heterocycles. The molecule has 0 radical (unpaired) electrons.